The van der Waals surface area contributed by atoms with Crippen LogP contribution in [0, 0.1) is 0 Å². The van der Waals surface area contributed by atoms with Crippen molar-refractivity contribution in [2.24, 2.45) is 0 Å². The molecular formula is C14H19NO5. The van der Waals surface area contributed by atoms with Gasteiger partial charge >= 0.3 is 5.97 Å². The molecule has 0 aliphatic heterocycles. The van der Waals surface area contributed by atoms with Crippen molar-refractivity contribution in [3.8, 4) is 11.5 Å². The van der Waals surface area contributed by atoms with E-state index in [1.807, 2.05) is 6.92 Å². The average molecular weight is 281 g/mol. The Kier molecular flexibility index (Phi) is 6.36. The third kappa shape index (κ3) is 5.60. The first kappa shape index (κ1) is 15.8. The maximum Gasteiger partial charge on any atom is 0.305 e. The van der Waals surface area contributed by atoms with Crippen molar-refractivity contribution >= 4 is 11.9 Å². The molecule has 6 nitrogen and oxygen atoms in total. The number of hydrogen-bond acceptors (Lipinski definition) is 4. The number of amides is 1. The molecule has 0 unspecified atom stereocenters. The topological polar surface area (TPSA) is 76.1 Å². The quantitative estimate of drug-likeness (QED) is 0.779. The van der Waals surface area contributed by atoms with Crippen LogP contribution in [-0.4, -0.2) is 48.7 Å². The zero-order chi connectivity index (χ0) is 15.0. The van der Waals surface area contributed by atoms with Gasteiger partial charge in [-0.15, -0.1) is 0 Å². The summed E-state index contributed by atoms with van der Waals surface area (Å²) in [5, 5.41) is 8.54. The van der Waals surface area contributed by atoms with E-state index < -0.39 is 5.97 Å². The Labute approximate surface area is 117 Å². The lowest BCUT2D eigenvalue weighted by atomic mass is 10.3. The Hall–Kier alpha value is -2.24. The highest BCUT2D eigenvalue weighted by Gasteiger charge is 2.11. The molecule has 0 radical (unpaired) electrons. The summed E-state index contributed by atoms with van der Waals surface area (Å²) in [6, 6.07) is 6.96. The van der Waals surface area contributed by atoms with Crippen LogP contribution in [0.4, 0.5) is 0 Å². The summed E-state index contributed by atoms with van der Waals surface area (Å²) < 4.78 is 10.6. The number of carbonyl (C=O) groups is 2. The standard InChI is InChI=1S/C14H19NO5/c1-3-19-11-4-6-12(7-5-11)20-10-13(16)15(2)9-8-14(17)18/h4-7H,3,8-10H2,1-2H3,(H,17,18). The Balaban J connectivity index is 2.38. The van der Waals surface area contributed by atoms with E-state index in [1.54, 1.807) is 31.3 Å². The molecule has 0 saturated carbocycles. The molecule has 1 rings (SSSR count). The lowest BCUT2D eigenvalue weighted by molar-refractivity contribution is -0.138. The van der Waals surface area contributed by atoms with Crippen LogP contribution in [0.15, 0.2) is 24.3 Å². The predicted molar refractivity (Wildman–Crippen MR) is 73.0 cm³/mol. The number of carboxylic acids is 1. The minimum atomic E-state index is -0.933. The van der Waals surface area contributed by atoms with Gasteiger partial charge in [-0.25, -0.2) is 0 Å². The Morgan fingerprint density at radius 3 is 2.20 bits per heavy atom. The van der Waals surface area contributed by atoms with Crippen molar-refractivity contribution in [1.82, 2.24) is 4.90 Å². The SMILES string of the molecule is CCOc1ccc(OCC(=O)N(C)CCC(=O)O)cc1. The third-order valence-electron chi connectivity index (χ3n) is 2.58. The molecule has 0 spiro atoms. The number of likely N-dealkylation sites (N-methyl/N-ethyl adjacent to an activating group) is 1. The molecule has 6 heteroatoms. The number of hydrogen-bond donors (Lipinski definition) is 1. The third-order valence-corrected chi connectivity index (χ3v) is 2.58. The van der Waals surface area contributed by atoms with Crippen LogP contribution < -0.4 is 9.47 Å². The minimum absolute atomic E-state index is 0.0781. The summed E-state index contributed by atoms with van der Waals surface area (Å²) in [7, 11) is 1.55. The van der Waals surface area contributed by atoms with Gasteiger partial charge in [-0.3, -0.25) is 9.59 Å². The molecule has 0 aromatic heterocycles. The molecule has 0 fully saturated rings. The van der Waals surface area contributed by atoms with Crippen LogP contribution in [0.25, 0.3) is 0 Å². The number of carbonyl (C=O) groups excluding carboxylic acids is 1. The van der Waals surface area contributed by atoms with E-state index in [0.29, 0.717) is 12.4 Å². The highest BCUT2D eigenvalue weighted by molar-refractivity contribution is 5.78. The lowest BCUT2D eigenvalue weighted by Gasteiger charge is -2.16. The summed E-state index contributed by atoms with van der Waals surface area (Å²) in [5.41, 5.74) is 0. The molecule has 0 saturated heterocycles. The smallest absolute Gasteiger partial charge is 0.305 e. The molecule has 1 aromatic carbocycles. The summed E-state index contributed by atoms with van der Waals surface area (Å²) in [4.78, 5) is 23.4. The van der Waals surface area contributed by atoms with Crippen LogP contribution in [0.1, 0.15) is 13.3 Å². The van der Waals surface area contributed by atoms with Gasteiger partial charge in [-0.05, 0) is 31.2 Å². The molecule has 20 heavy (non-hydrogen) atoms. The molecule has 110 valence electrons. The van der Waals surface area contributed by atoms with E-state index in [4.69, 9.17) is 14.6 Å². The molecule has 0 heterocycles. The molecule has 0 aliphatic carbocycles. The fourth-order valence-electron chi connectivity index (χ4n) is 1.44. The van der Waals surface area contributed by atoms with Crippen molar-refractivity contribution < 1.29 is 24.2 Å². The minimum Gasteiger partial charge on any atom is -0.494 e. The second kappa shape index (κ2) is 8.04. The van der Waals surface area contributed by atoms with E-state index in [9.17, 15) is 9.59 Å². The van der Waals surface area contributed by atoms with Crippen LogP contribution >= 0.6 is 0 Å². The van der Waals surface area contributed by atoms with Crippen LogP contribution in [-0.2, 0) is 9.59 Å². The van der Waals surface area contributed by atoms with Gasteiger partial charge in [0, 0.05) is 13.6 Å². The predicted octanol–water partition coefficient (Wildman–Crippen LogP) is 1.40. The van der Waals surface area contributed by atoms with E-state index in [1.165, 1.54) is 4.90 Å². The van der Waals surface area contributed by atoms with E-state index in [2.05, 4.69) is 0 Å². The first-order valence-corrected chi connectivity index (χ1v) is 6.34. The summed E-state index contributed by atoms with van der Waals surface area (Å²) >= 11 is 0. The average Bonchev–Trinajstić information content (AvgIpc) is 2.44. The molecule has 0 atom stereocenters. The number of rotatable bonds is 8. The van der Waals surface area contributed by atoms with Gasteiger partial charge in [-0.1, -0.05) is 0 Å². The molecule has 1 N–H and O–H groups in total. The Morgan fingerprint density at radius 1 is 1.15 bits per heavy atom. The Bertz CT molecular complexity index is 443. The van der Waals surface area contributed by atoms with Gasteiger partial charge in [-0.2, -0.15) is 0 Å². The lowest BCUT2D eigenvalue weighted by Crippen LogP contribution is -2.33. The van der Waals surface area contributed by atoms with E-state index in [-0.39, 0.29) is 25.5 Å². The normalized spacial score (nSPS) is 9.90. The summed E-state index contributed by atoms with van der Waals surface area (Å²) in [6.45, 7) is 2.54. The Morgan fingerprint density at radius 2 is 1.70 bits per heavy atom. The highest BCUT2D eigenvalue weighted by atomic mass is 16.5. The molecule has 1 amide bonds. The van der Waals surface area contributed by atoms with Gasteiger partial charge < -0.3 is 19.5 Å². The van der Waals surface area contributed by atoms with Crippen molar-refractivity contribution in [2.75, 3.05) is 26.8 Å². The maximum atomic E-state index is 11.7. The maximum absolute atomic E-state index is 11.7. The van der Waals surface area contributed by atoms with Crippen LogP contribution in [0.3, 0.4) is 0 Å². The van der Waals surface area contributed by atoms with Crippen molar-refractivity contribution in [2.45, 2.75) is 13.3 Å². The fourth-order valence-corrected chi connectivity index (χ4v) is 1.44. The molecular weight excluding hydrogens is 262 g/mol. The number of benzene rings is 1. The van der Waals surface area contributed by atoms with Gasteiger partial charge in [0.1, 0.15) is 11.5 Å². The number of ether oxygens (including phenoxy) is 2. The van der Waals surface area contributed by atoms with Crippen molar-refractivity contribution in [1.29, 1.82) is 0 Å². The van der Waals surface area contributed by atoms with Crippen LogP contribution in [0.5, 0.6) is 11.5 Å². The monoisotopic (exact) mass is 281 g/mol. The van der Waals surface area contributed by atoms with Gasteiger partial charge in [0.25, 0.3) is 5.91 Å². The number of carboxylic acid groups (broad SMARTS) is 1. The molecule has 1 aromatic rings. The van der Waals surface area contributed by atoms with Gasteiger partial charge in [0.05, 0.1) is 13.0 Å². The zero-order valence-electron chi connectivity index (χ0n) is 11.7. The molecule has 0 bridgehead atoms. The number of nitrogens with zero attached hydrogens (tertiary/aromatic N) is 1. The summed E-state index contributed by atoms with van der Waals surface area (Å²) in [6.07, 6.45) is -0.0781. The largest absolute Gasteiger partial charge is 0.494 e. The van der Waals surface area contributed by atoms with Crippen molar-refractivity contribution in [3.05, 3.63) is 24.3 Å². The van der Waals surface area contributed by atoms with Crippen LogP contribution in [0.2, 0.25) is 0 Å². The number of aliphatic carboxylic acids is 1. The van der Waals surface area contributed by atoms with E-state index >= 15 is 0 Å². The fraction of sp³-hybridized carbons (Fsp3) is 0.429. The van der Waals surface area contributed by atoms with Crippen molar-refractivity contribution in [3.63, 3.8) is 0 Å². The van der Waals surface area contributed by atoms with E-state index in [0.717, 1.165) is 5.75 Å². The van der Waals surface area contributed by atoms with Gasteiger partial charge in [0.15, 0.2) is 6.61 Å². The second-order valence-electron chi connectivity index (χ2n) is 4.15. The summed E-state index contributed by atoms with van der Waals surface area (Å²) in [5.74, 6) is 0.107. The first-order chi connectivity index (χ1) is 9.52. The second-order valence-corrected chi connectivity index (χ2v) is 4.15. The first-order valence-electron chi connectivity index (χ1n) is 6.34. The zero-order valence-corrected chi connectivity index (χ0v) is 11.7. The highest BCUT2D eigenvalue weighted by Crippen LogP contribution is 2.17. The van der Waals surface area contributed by atoms with Gasteiger partial charge in [0.2, 0.25) is 0 Å². The molecule has 0 aliphatic rings.